The zero-order valence-electron chi connectivity index (χ0n) is 20.6. The van der Waals surface area contributed by atoms with Crippen LogP contribution in [-0.2, 0) is 9.59 Å². The number of nitrogens with zero attached hydrogens (tertiary/aromatic N) is 3. The van der Waals surface area contributed by atoms with Crippen molar-refractivity contribution in [3.05, 3.63) is 58.6 Å². The molecule has 0 fully saturated rings. The SMILES string of the molecule is COc1ccc(OC)c(C2CC(c3ccccc3Cl)=NN2C(=O)CN(C)C(=O)CC(C)(C)C)c1. The summed E-state index contributed by atoms with van der Waals surface area (Å²) in [7, 11) is 4.81. The molecule has 0 aromatic heterocycles. The number of amides is 2. The van der Waals surface area contributed by atoms with Gasteiger partial charge < -0.3 is 14.4 Å². The number of ether oxygens (including phenoxy) is 2. The summed E-state index contributed by atoms with van der Waals surface area (Å²) in [5, 5.41) is 6.68. The number of rotatable bonds is 7. The van der Waals surface area contributed by atoms with E-state index < -0.39 is 6.04 Å². The Labute approximate surface area is 206 Å². The average molecular weight is 486 g/mol. The fourth-order valence-electron chi connectivity index (χ4n) is 3.89. The van der Waals surface area contributed by atoms with Gasteiger partial charge in [-0.25, -0.2) is 5.01 Å². The number of methoxy groups -OCH3 is 2. The molecule has 1 aliphatic heterocycles. The number of carbonyl (C=O) groups excluding carboxylic acids is 2. The van der Waals surface area contributed by atoms with Crippen LogP contribution in [0.25, 0.3) is 0 Å². The highest BCUT2D eigenvalue weighted by atomic mass is 35.5. The first kappa shape index (κ1) is 25.6. The Morgan fingerprint density at radius 3 is 2.47 bits per heavy atom. The first-order chi connectivity index (χ1) is 16.0. The monoisotopic (exact) mass is 485 g/mol. The molecule has 0 saturated heterocycles. The standard InChI is InChI=1S/C26H32ClN3O4/c1-26(2,3)15-24(31)29(4)16-25(32)30-22(19-13-17(33-5)11-12-23(19)34-6)14-21(28-30)18-9-7-8-10-20(18)27/h7-13,22H,14-16H2,1-6H3. The molecule has 2 amide bonds. The van der Waals surface area contributed by atoms with Gasteiger partial charge in [0, 0.05) is 36.0 Å². The molecule has 0 N–H and O–H groups in total. The number of benzene rings is 2. The summed E-state index contributed by atoms with van der Waals surface area (Å²) in [6.45, 7) is 5.89. The Balaban J connectivity index is 1.96. The maximum absolute atomic E-state index is 13.4. The molecule has 3 rings (SSSR count). The molecule has 1 heterocycles. The lowest BCUT2D eigenvalue weighted by atomic mass is 9.92. The van der Waals surface area contributed by atoms with Crippen molar-refractivity contribution in [3.8, 4) is 11.5 Å². The van der Waals surface area contributed by atoms with Gasteiger partial charge in [0.1, 0.15) is 18.0 Å². The number of likely N-dealkylation sites (N-methyl/N-ethyl adjacent to an activating group) is 1. The summed E-state index contributed by atoms with van der Waals surface area (Å²) in [5.41, 5.74) is 2.05. The fraction of sp³-hybridized carbons (Fsp3) is 0.423. The Hall–Kier alpha value is -3.06. The van der Waals surface area contributed by atoms with E-state index in [9.17, 15) is 9.59 Å². The van der Waals surface area contributed by atoms with Gasteiger partial charge in [-0.15, -0.1) is 0 Å². The average Bonchev–Trinajstić information content (AvgIpc) is 3.23. The molecule has 2 aromatic carbocycles. The summed E-state index contributed by atoms with van der Waals surface area (Å²) in [6, 6.07) is 12.4. The Bertz CT molecular complexity index is 1090. The van der Waals surface area contributed by atoms with Crippen LogP contribution in [0.5, 0.6) is 11.5 Å². The molecule has 2 aromatic rings. The van der Waals surface area contributed by atoms with Crippen LogP contribution in [0.1, 0.15) is 50.8 Å². The largest absolute Gasteiger partial charge is 0.497 e. The third-order valence-corrected chi connectivity index (χ3v) is 5.96. The van der Waals surface area contributed by atoms with Crippen LogP contribution in [-0.4, -0.2) is 55.2 Å². The van der Waals surface area contributed by atoms with Crippen LogP contribution < -0.4 is 9.47 Å². The Morgan fingerprint density at radius 2 is 1.85 bits per heavy atom. The lowest BCUT2D eigenvalue weighted by Gasteiger charge is -2.27. The molecular weight excluding hydrogens is 454 g/mol. The molecule has 0 radical (unpaired) electrons. The van der Waals surface area contributed by atoms with Crippen LogP contribution in [0.4, 0.5) is 0 Å². The summed E-state index contributed by atoms with van der Waals surface area (Å²) in [4.78, 5) is 27.5. The molecule has 8 heteroatoms. The van der Waals surface area contributed by atoms with E-state index in [-0.39, 0.29) is 23.8 Å². The van der Waals surface area contributed by atoms with Crippen molar-refractivity contribution in [2.45, 2.75) is 39.7 Å². The van der Waals surface area contributed by atoms with Gasteiger partial charge in [0.25, 0.3) is 5.91 Å². The van der Waals surface area contributed by atoms with E-state index in [4.69, 9.17) is 21.1 Å². The van der Waals surface area contributed by atoms with Crippen molar-refractivity contribution in [2.75, 3.05) is 27.8 Å². The molecule has 0 bridgehead atoms. The maximum Gasteiger partial charge on any atom is 0.262 e. The van der Waals surface area contributed by atoms with Crippen LogP contribution in [0, 0.1) is 5.41 Å². The zero-order chi connectivity index (χ0) is 25.0. The van der Waals surface area contributed by atoms with Gasteiger partial charge >= 0.3 is 0 Å². The van der Waals surface area contributed by atoms with Gasteiger partial charge in [-0.1, -0.05) is 50.6 Å². The van der Waals surface area contributed by atoms with Crippen molar-refractivity contribution >= 4 is 29.1 Å². The normalized spacial score (nSPS) is 15.7. The summed E-state index contributed by atoms with van der Waals surface area (Å²) < 4.78 is 11.0. The molecule has 0 saturated carbocycles. The predicted octanol–water partition coefficient (Wildman–Crippen LogP) is 4.93. The Kier molecular flexibility index (Phi) is 7.87. The fourth-order valence-corrected chi connectivity index (χ4v) is 4.14. The minimum Gasteiger partial charge on any atom is -0.497 e. The van der Waals surface area contributed by atoms with Gasteiger partial charge in [-0.3, -0.25) is 9.59 Å². The van der Waals surface area contributed by atoms with Crippen molar-refractivity contribution in [1.82, 2.24) is 9.91 Å². The summed E-state index contributed by atoms with van der Waals surface area (Å²) >= 11 is 6.44. The minimum atomic E-state index is -0.435. The van der Waals surface area contributed by atoms with E-state index >= 15 is 0 Å². The lowest BCUT2D eigenvalue weighted by molar-refractivity contribution is -0.141. The predicted molar refractivity (Wildman–Crippen MR) is 133 cm³/mol. The molecule has 1 atom stereocenters. The van der Waals surface area contributed by atoms with Crippen molar-refractivity contribution in [3.63, 3.8) is 0 Å². The van der Waals surface area contributed by atoms with Crippen molar-refractivity contribution in [2.24, 2.45) is 10.5 Å². The summed E-state index contributed by atoms with van der Waals surface area (Å²) in [6.07, 6.45) is 0.788. The second-order valence-electron chi connectivity index (χ2n) is 9.58. The first-order valence-corrected chi connectivity index (χ1v) is 11.5. The third kappa shape index (κ3) is 5.89. The van der Waals surface area contributed by atoms with E-state index in [0.717, 1.165) is 11.1 Å². The number of hydrogen-bond donors (Lipinski definition) is 0. The van der Waals surface area contributed by atoms with Crippen LogP contribution in [0.15, 0.2) is 47.6 Å². The van der Waals surface area contributed by atoms with E-state index in [1.165, 1.54) is 9.91 Å². The summed E-state index contributed by atoms with van der Waals surface area (Å²) in [5.74, 6) is 0.885. The third-order valence-electron chi connectivity index (χ3n) is 5.63. The van der Waals surface area contributed by atoms with Gasteiger partial charge in [-0.05, 0) is 29.7 Å². The highest BCUT2D eigenvalue weighted by Gasteiger charge is 2.36. The van der Waals surface area contributed by atoms with Crippen LogP contribution in [0.3, 0.4) is 0 Å². The van der Waals surface area contributed by atoms with E-state index in [1.54, 1.807) is 33.4 Å². The molecule has 0 aliphatic carbocycles. The second-order valence-corrected chi connectivity index (χ2v) is 9.99. The zero-order valence-corrected chi connectivity index (χ0v) is 21.3. The van der Waals surface area contributed by atoms with Gasteiger partial charge in [0.2, 0.25) is 5.91 Å². The van der Waals surface area contributed by atoms with E-state index in [2.05, 4.69) is 5.10 Å². The minimum absolute atomic E-state index is 0.0863. The van der Waals surface area contributed by atoms with Gasteiger partial charge in [-0.2, -0.15) is 5.10 Å². The lowest BCUT2D eigenvalue weighted by Crippen LogP contribution is -2.40. The molecule has 7 nitrogen and oxygen atoms in total. The van der Waals surface area contributed by atoms with E-state index in [0.29, 0.717) is 35.1 Å². The van der Waals surface area contributed by atoms with Crippen molar-refractivity contribution < 1.29 is 19.1 Å². The number of hydrazone groups is 1. The highest BCUT2D eigenvalue weighted by Crippen LogP contribution is 2.40. The molecule has 1 aliphatic rings. The molecule has 1 unspecified atom stereocenters. The molecule has 0 spiro atoms. The van der Waals surface area contributed by atoms with E-state index in [1.807, 2.05) is 51.1 Å². The molecular formula is C26H32ClN3O4. The molecule has 182 valence electrons. The molecule has 34 heavy (non-hydrogen) atoms. The van der Waals surface area contributed by atoms with Gasteiger partial charge in [0.15, 0.2) is 0 Å². The van der Waals surface area contributed by atoms with Crippen molar-refractivity contribution in [1.29, 1.82) is 0 Å². The second kappa shape index (κ2) is 10.5. The number of hydrogen-bond acceptors (Lipinski definition) is 5. The maximum atomic E-state index is 13.4. The Morgan fingerprint density at radius 1 is 1.15 bits per heavy atom. The smallest absolute Gasteiger partial charge is 0.262 e. The van der Waals surface area contributed by atoms with Crippen LogP contribution in [0.2, 0.25) is 5.02 Å². The highest BCUT2D eigenvalue weighted by molar-refractivity contribution is 6.34. The quantitative estimate of drug-likeness (QED) is 0.557. The number of carbonyl (C=O) groups is 2. The van der Waals surface area contributed by atoms with Crippen LogP contribution >= 0.6 is 11.6 Å². The number of halogens is 1. The van der Waals surface area contributed by atoms with Gasteiger partial charge in [0.05, 0.1) is 26.0 Å². The topological polar surface area (TPSA) is 71.4 Å². The first-order valence-electron chi connectivity index (χ1n) is 11.1.